The molecule has 2 aromatic heterocycles. The number of nitrogens with one attached hydrogen (secondary N) is 1. The number of aromatic nitrogens is 2. The number of ether oxygens (including phenoxy) is 1. The van der Waals surface area contributed by atoms with Gasteiger partial charge >= 0.3 is 0 Å². The smallest absolute Gasteiger partial charge is 0.138 e. The second kappa shape index (κ2) is 4.18. The molecule has 2 heterocycles. The predicted octanol–water partition coefficient (Wildman–Crippen LogP) is 3.55. The Morgan fingerprint density at radius 2 is 2.06 bits per heavy atom. The van der Waals surface area contributed by atoms with Crippen molar-refractivity contribution >= 4 is 11.0 Å². The fourth-order valence-corrected chi connectivity index (χ4v) is 2.30. The Balaban J connectivity index is 2.27. The van der Waals surface area contributed by atoms with Crippen LogP contribution in [0.15, 0.2) is 42.6 Å². The number of aromatic amines is 1. The maximum absolute atomic E-state index is 5.28. The third-order valence-corrected chi connectivity index (χ3v) is 3.12. The first-order chi connectivity index (χ1) is 8.79. The lowest BCUT2D eigenvalue weighted by molar-refractivity contribution is 0.415. The fraction of sp³-hybridized carbons (Fsp3) is 0.133. The minimum Gasteiger partial charge on any atom is -0.497 e. The van der Waals surface area contributed by atoms with Crippen molar-refractivity contribution in [2.75, 3.05) is 7.11 Å². The van der Waals surface area contributed by atoms with Gasteiger partial charge in [-0.15, -0.1) is 0 Å². The van der Waals surface area contributed by atoms with Crippen LogP contribution in [0, 0.1) is 6.92 Å². The van der Waals surface area contributed by atoms with Crippen molar-refractivity contribution in [3.63, 3.8) is 0 Å². The van der Waals surface area contributed by atoms with E-state index in [9.17, 15) is 0 Å². The van der Waals surface area contributed by atoms with Gasteiger partial charge in [0.25, 0.3) is 0 Å². The van der Waals surface area contributed by atoms with Gasteiger partial charge in [-0.25, -0.2) is 4.98 Å². The average molecular weight is 238 g/mol. The van der Waals surface area contributed by atoms with Crippen LogP contribution in [0.2, 0.25) is 0 Å². The Morgan fingerprint density at radius 1 is 1.17 bits per heavy atom. The molecule has 3 nitrogen and oxygen atoms in total. The van der Waals surface area contributed by atoms with Gasteiger partial charge in [0, 0.05) is 22.8 Å². The molecule has 0 aliphatic heterocycles. The second-order valence-corrected chi connectivity index (χ2v) is 4.26. The zero-order valence-electron chi connectivity index (χ0n) is 10.4. The predicted molar refractivity (Wildman–Crippen MR) is 72.8 cm³/mol. The summed E-state index contributed by atoms with van der Waals surface area (Å²) in [5.74, 6) is 0.866. The van der Waals surface area contributed by atoms with E-state index in [-0.39, 0.29) is 0 Å². The molecule has 0 amide bonds. The number of nitrogens with zero attached hydrogens (tertiary/aromatic N) is 1. The lowest BCUT2D eigenvalue weighted by Crippen LogP contribution is -1.84. The molecule has 0 unspecified atom stereocenters. The highest BCUT2D eigenvalue weighted by atomic mass is 16.5. The molecule has 1 aromatic carbocycles. The Morgan fingerprint density at radius 3 is 2.89 bits per heavy atom. The van der Waals surface area contributed by atoms with Gasteiger partial charge in [0.1, 0.15) is 11.4 Å². The molecule has 0 saturated heterocycles. The third kappa shape index (κ3) is 1.64. The summed E-state index contributed by atoms with van der Waals surface area (Å²) >= 11 is 0. The van der Waals surface area contributed by atoms with Gasteiger partial charge in [-0.3, -0.25) is 0 Å². The van der Waals surface area contributed by atoms with Crippen LogP contribution in [0.5, 0.6) is 5.75 Å². The lowest BCUT2D eigenvalue weighted by Gasteiger charge is -2.04. The van der Waals surface area contributed by atoms with Crippen molar-refractivity contribution < 1.29 is 4.74 Å². The second-order valence-electron chi connectivity index (χ2n) is 4.26. The number of hydrogen-bond donors (Lipinski definition) is 1. The highest BCUT2D eigenvalue weighted by Crippen LogP contribution is 2.32. The number of rotatable bonds is 2. The molecule has 3 aromatic rings. The first-order valence-corrected chi connectivity index (χ1v) is 5.87. The highest BCUT2D eigenvalue weighted by molar-refractivity contribution is 5.95. The Kier molecular flexibility index (Phi) is 2.52. The molecule has 0 atom stereocenters. The summed E-state index contributed by atoms with van der Waals surface area (Å²) < 4.78 is 5.28. The van der Waals surface area contributed by atoms with E-state index >= 15 is 0 Å². The van der Waals surface area contributed by atoms with Crippen LogP contribution < -0.4 is 4.74 Å². The summed E-state index contributed by atoms with van der Waals surface area (Å²) in [6, 6.07) is 12.1. The van der Waals surface area contributed by atoms with Crippen molar-refractivity contribution in [2.45, 2.75) is 6.92 Å². The van der Waals surface area contributed by atoms with Gasteiger partial charge in [-0.2, -0.15) is 0 Å². The van der Waals surface area contributed by atoms with Crippen LogP contribution in [0.4, 0.5) is 0 Å². The number of pyridine rings is 1. The molecule has 0 aliphatic carbocycles. The highest BCUT2D eigenvalue weighted by Gasteiger charge is 2.11. The van der Waals surface area contributed by atoms with Gasteiger partial charge < -0.3 is 9.72 Å². The number of fused-ring (bicyclic) bond motifs is 1. The molecule has 0 aliphatic rings. The summed E-state index contributed by atoms with van der Waals surface area (Å²) in [5, 5.41) is 1.14. The largest absolute Gasteiger partial charge is 0.497 e. The van der Waals surface area contributed by atoms with E-state index < -0.39 is 0 Å². The topological polar surface area (TPSA) is 37.9 Å². The van der Waals surface area contributed by atoms with Crippen molar-refractivity contribution in [3.05, 3.63) is 48.3 Å². The summed E-state index contributed by atoms with van der Waals surface area (Å²) in [4.78, 5) is 7.66. The van der Waals surface area contributed by atoms with Crippen LogP contribution in [0.3, 0.4) is 0 Å². The van der Waals surface area contributed by atoms with E-state index in [4.69, 9.17) is 4.74 Å². The third-order valence-electron chi connectivity index (χ3n) is 3.12. The molecule has 90 valence electrons. The monoisotopic (exact) mass is 238 g/mol. The minimum absolute atomic E-state index is 0.866. The van der Waals surface area contributed by atoms with E-state index in [1.54, 1.807) is 13.3 Å². The molecule has 3 heteroatoms. The Bertz CT molecular complexity index is 701. The van der Waals surface area contributed by atoms with Crippen LogP contribution in [-0.4, -0.2) is 17.1 Å². The standard InChI is InChI=1S/C15H14N2O/c1-10-14(11-5-3-6-12(9-11)18-2)13-7-4-8-16-15(13)17-10/h3-9H,1-2H3,(H,16,17). The summed E-state index contributed by atoms with van der Waals surface area (Å²) in [5.41, 5.74) is 4.38. The zero-order chi connectivity index (χ0) is 12.5. The number of aryl methyl sites for hydroxylation is 1. The van der Waals surface area contributed by atoms with Crippen molar-refractivity contribution in [2.24, 2.45) is 0 Å². The van der Waals surface area contributed by atoms with E-state index in [1.165, 1.54) is 5.56 Å². The zero-order valence-corrected chi connectivity index (χ0v) is 10.4. The Hall–Kier alpha value is -2.29. The van der Waals surface area contributed by atoms with Crippen LogP contribution in [-0.2, 0) is 0 Å². The normalized spacial score (nSPS) is 10.8. The van der Waals surface area contributed by atoms with E-state index in [0.717, 1.165) is 28.0 Å². The molecule has 18 heavy (non-hydrogen) atoms. The van der Waals surface area contributed by atoms with Crippen LogP contribution in [0.1, 0.15) is 5.69 Å². The SMILES string of the molecule is COc1cccc(-c2c(C)[nH]c3ncccc23)c1. The van der Waals surface area contributed by atoms with Gasteiger partial charge in [0.15, 0.2) is 0 Å². The molecule has 1 N–H and O–H groups in total. The molecule has 0 radical (unpaired) electrons. The van der Waals surface area contributed by atoms with Crippen LogP contribution >= 0.6 is 0 Å². The van der Waals surface area contributed by atoms with Crippen molar-refractivity contribution in [1.82, 2.24) is 9.97 Å². The van der Waals surface area contributed by atoms with Gasteiger partial charge in [-0.1, -0.05) is 12.1 Å². The first-order valence-electron chi connectivity index (χ1n) is 5.87. The molecule has 0 spiro atoms. The van der Waals surface area contributed by atoms with Crippen LogP contribution in [0.25, 0.3) is 22.2 Å². The number of hydrogen-bond acceptors (Lipinski definition) is 2. The molecule has 0 saturated carbocycles. The number of benzene rings is 1. The van der Waals surface area contributed by atoms with Gasteiger partial charge in [0.05, 0.1) is 7.11 Å². The van der Waals surface area contributed by atoms with Crippen molar-refractivity contribution in [3.8, 4) is 16.9 Å². The summed E-state index contributed by atoms with van der Waals surface area (Å²) in [6.45, 7) is 2.07. The molecular formula is C15H14N2O. The number of H-pyrrole nitrogens is 1. The molecule has 3 rings (SSSR count). The number of methoxy groups -OCH3 is 1. The van der Waals surface area contributed by atoms with E-state index in [2.05, 4.69) is 29.0 Å². The van der Waals surface area contributed by atoms with Crippen molar-refractivity contribution in [1.29, 1.82) is 0 Å². The lowest BCUT2D eigenvalue weighted by atomic mass is 10.0. The summed E-state index contributed by atoms with van der Waals surface area (Å²) in [7, 11) is 1.68. The average Bonchev–Trinajstić information content (AvgIpc) is 2.74. The minimum atomic E-state index is 0.866. The van der Waals surface area contributed by atoms with Gasteiger partial charge in [-0.05, 0) is 36.8 Å². The molecule has 0 bridgehead atoms. The maximum atomic E-state index is 5.28. The Labute approximate surface area is 105 Å². The molecule has 0 fully saturated rings. The first kappa shape index (κ1) is 10.8. The van der Waals surface area contributed by atoms with E-state index in [0.29, 0.717) is 0 Å². The fourth-order valence-electron chi connectivity index (χ4n) is 2.30. The molecular weight excluding hydrogens is 224 g/mol. The quantitative estimate of drug-likeness (QED) is 0.741. The van der Waals surface area contributed by atoms with Gasteiger partial charge in [0.2, 0.25) is 0 Å². The maximum Gasteiger partial charge on any atom is 0.138 e. The summed E-state index contributed by atoms with van der Waals surface area (Å²) in [6.07, 6.45) is 1.80. The van der Waals surface area contributed by atoms with E-state index in [1.807, 2.05) is 24.3 Å².